The SMILES string of the molecule is CC.CCC(=O)NCC1CCN(CCCCO)CC1.[V]. The van der Waals surface area contributed by atoms with Crippen molar-refractivity contribution in [1.82, 2.24) is 10.2 Å². The number of nitrogens with one attached hydrogen (secondary N) is 1. The van der Waals surface area contributed by atoms with E-state index < -0.39 is 0 Å². The van der Waals surface area contributed by atoms with Gasteiger partial charge in [-0.1, -0.05) is 20.8 Å². The number of amides is 1. The number of likely N-dealkylation sites (tertiary alicyclic amines) is 1. The number of piperidine rings is 1. The second-order valence-electron chi connectivity index (χ2n) is 4.87. The third-order valence-electron chi connectivity index (χ3n) is 3.50. The first-order chi connectivity index (χ1) is 9.26. The Hall–Kier alpha value is -0.0256. The summed E-state index contributed by atoms with van der Waals surface area (Å²) in [4.78, 5) is 13.6. The number of carbonyl (C=O) groups is 1. The first kappa shape index (κ1) is 22.3. The number of aliphatic hydroxyl groups is 1. The minimum Gasteiger partial charge on any atom is -0.396 e. The molecule has 1 aliphatic heterocycles. The molecule has 0 saturated carbocycles. The van der Waals surface area contributed by atoms with E-state index in [0.29, 0.717) is 18.9 Å². The molecule has 0 aromatic carbocycles. The summed E-state index contributed by atoms with van der Waals surface area (Å²) in [6.45, 7) is 10.4. The zero-order chi connectivity index (χ0) is 14.5. The van der Waals surface area contributed by atoms with E-state index in [0.717, 1.165) is 39.0 Å². The fourth-order valence-electron chi connectivity index (χ4n) is 2.24. The second kappa shape index (κ2) is 15.4. The maximum atomic E-state index is 11.1. The average Bonchev–Trinajstić information content (AvgIpc) is 2.48. The molecule has 1 radical (unpaired) electrons. The van der Waals surface area contributed by atoms with Crippen LogP contribution in [0.2, 0.25) is 0 Å². The van der Waals surface area contributed by atoms with Gasteiger partial charge in [0.1, 0.15) is 0 Å². The van der Waals surface area contributed by atoms with Gasteiger partial charge in [-0.3, -0.25) is 4.79 Å². The monoisotopic (exact) mass is 323 g/mol. The minimum atomic E-state index is 0. The fourth-order valence-corrected chi connectivity index (χ4v) is 2.24. The molecule has 0 aromatic rings. The van der Waals surface area contributed by atoms with Crippen molar-refractivity contribution in [2.75, 3.05) is 32.8 Å². The number of hydrogen-bond acceptors (Lipinski definition) is 3. The van der Waals surface area contributed by atoms with Crippen LogP contribution in [0.3, 0.4) is 0 Å². The molecular weight excluding hydrogens is 291 g/mol. The normalized spacial score (nSPS) is 15.8. The van der Waals surface area contributed by atoms with Crippen molar-refractivity contribution in [3.05, 3.63) is 0 Å². The van der Waals surface area contributed by atoms with Gasteiger partial charge < -0.3 is 15.3 Å². The summed E-state index contributed by atoms with van der Waals surface area (Å²) in [6, 6.07) is 0. The molecule has 5 heteroatoms. The van der Waals surface area contributed by atoms with Gasteiger partial charge in [-0.05, 0) is 51.2 Å². The Labute approximate surface area is 136 Å². The van der Waals surface area contributed by atoms with Gasteiger partial charge in [0.05, 0.1) is 0 Å². The van der Waals surface area contributed by atoms with Crippen molar-refractivity contribution in [2.45, 2.75) is 52.9 Å². The minimum absolute atomic E-state index is 0. The van der Waals surface area contributed by atoms with Crippen LogP contribution >= 0.6 is 0 Å². The Balaban J connectivity index is 0. The number of unbranched alkanes of at least 4 members (excludes halogenated alkanes) is 1. The summed E-state index contributed by atoms with van der Waals surface area (Å²) < 4.78 is 0. The third kappa shape index (κ3) is 10.7. The summed E-state index contributed by atoms with van der Waals surface area (Å²) in [7, 11) is 0. The Morgan fingerprint density at radius 1 is 1.25 bits per heavy atom. The summed E-state index contributed by atoms with van der Waals surface area (Å²) in [5, 5.41) is 11.7. The van der Waals surface area contributed by atoms with Crippen LogP contribution in [0.25, 0.3) is 0 Å². The topological polar surface area (TPSA) is 52.6 Å². The van der Waals surface area contributed by atoms with E-state index in [1.54, 1.807) is 0 Å². The first-order valence-electron chi connectivity index (χ1n) is 7.86. The maximum Gasteiger partial charge on any atom is 0.219 e. The van der Waals surface area contributed by atoms with Crippen LogP contribution in [0.4, 0.5) is 0 Å². The maximum absolute atomic E-state index is 11.1. The molecule has 119 valence electrons. The van der Waals surface area contributed by atoms with Gasteiger partial charge in [-0.25, -0.2) is 0 Å². The van der Waals surface area contributed by atoms with Crippen LogP contribution in [0.15, 0.2) is 0 Å². The van der Waals surface area contributed by atoms with Crippen LogP contribution in [-0.2, 0) is 23.4 Å². The number of carbonyl (C=O) groups excluding carboxylic acids is 1. The van der Waals surface area contributed by atoms with Crippen molar-refractivity contribution < 1.29 is 28.5 Å². The van der Waals surface area contributed by atoms with Gasteiger partial charge in [0, 0.05) is 38.1 Å². The summed E-state index contributed by atoms with van der Waals surface area (Å²) in [5.74, 6) is 0.815. The molecule has 4 nitrogen and oxygen atoms in total. The van der Waals surface area contributed by atoms with Gasteiger partial charge in [0.2, 0.25) is 5.91 Å². The summed E-state index contributed by atoms with van der Waals surface area (Å²) in [5.41, 5.74) is 0. The van der Waals surface area contributed by atoms with Gasteiger partial charge in [0.15, 0.2) is 0 Å². The van der Waals surface area contributed by atoms with Gasteiger partial charge in [-0.15, -0.1) is 0 Å². The number of hydrogen-bond donors (Lipinski definition) is 2. The van der Waals surface area contributed by atoms with E-state index in [1.165, 1.54) is 12.8 Å². The molecule has 0 aliphatic carbocycles. The molecule has 1 aliphatic rings. The van der Waals surface area contributed by atoms with Gasteiger partial charge in [0.25, 0.3) is 0 Å². The Morgan fingerprint density at radius 3 is 2.35 bits per heavy atom. The predicted octanol–water partition coefficient (Wildman–Crippen LogP) is 2.02. The van der Waals surface area contributed by atoms with Gasteiger partial charge in [-0.2, -0.15) is 0 Å². The molecule has 0 bridgehead atoms. The third-order valence-corrected chi connectivity index (χ3v) is 3.50. The van der Waals surface area contributed by atoms with Crippen LogP contribution in [0, 0.1) is 5.92 Å². The quantitative estimate of drug-likeness (QED) is 0.705. The first-order valence-corrected chi connectivity index (χ1v) is 7.86. The van der Waals surface area contributed by atoms with E-state index in [4.69, 9.17) is 5.11 Å². The fraction of sp³-hybridized carbons (Fsp3) is 0.933. The molecule has 1 heterocycles. The molecule has 0 aromatic heterocycles. The standard InChI is InChI=1S/C13H26N2O2.C2H6.V/c1-2-13(17)14-11-12-5-8-15(9-6-12)7-3-4-10-16;1-2;/h12,16H,2-11H2,1H3,(H,14,17);1-2H3;. The van der Waals surface area contributed by atoms with E-state index in [1.807, 2.05) is 20.8 Å². The van der Waals surface area contributed by atoms with E-state index >= 15 is 0 Å². The second-order valence-corrected chi connectivity index (χ2v) is 4.87. The number of rotatable bonds is 7. The summed E-state index contributed by atoms with van der Waals surface area (Å²) >= 11 is 0. The van der Waals surface area contributed by atoms with Crippen LogP contribution < -0.4 is 5.32 Å². The summed E-state index contributed by atoms with van der Waals surface area (Å²) in [6.07, 6.45) is 4.95. The van der Waals surface area contributed by atoms with E-state index in [9.17, 15) is 4.79 Å². The molecule has 0 unspecified atom stereocenters. The van der Waals surface area contributed by atoms with Crippen LogP contribution in [0.1, 0.15) is 52.9 Å². The van der Waals surface area contributed by atoms with Crippen LogP contribution in [-0.4, -0.2) is 48.7 Å². The van der Waals surface area contributed by atoms with Gasteiger partial charge >= 0.3 is 0 Å². The zero-order valence-corrected chi connectivity index (χ0v) is 14.8. The average molecular weight is 323 g/mol. The molecule has 20 heavy (non-hydrogen) atoms. The largest absolute Gasteiger partial charge is 0.396 e. The Kier molecular flexibility index (Phi) is 17.1. The molecule has 0 spiro atoms. The van der Waals surface area contributed by atoms with Crippen molar-refractivity contribution in [3.63, 3.8) is 0 Å². The smallest absolute Gasteiger partial charge is 0.219 e. The Bertz CT molecular complexity index is 220. The van der Waals surface area contributed by atoms with Crippen molar-refractivity contribution in [3.8, 4) is 0 Å². The van der Waals surface area contributed by atoms with Crippen LogP contribution in [0.5, 0.6) is 0 Å². The molecule has 1 fully saturated rings. The van der Waals surface area contributed by atoms with Crippen molar-refractivity contribution >= 4 is 5.91 Å². The van der Waals surface area contributed by atoms with Crippen molar-refractivity contribution in [1.29, 1.82) is 0 Å². The molecule has 1 rings (SSSR count). The van der Waals surface area contributed by atoms with Crippen molar-refractivity contribution in [2.24, 2.45) is 5.92 Å². The number of nitrogens with zero attached hydrogens (tertiary/aromatic N) is 1. The predicted molar refractivity (Wildman–Crippen MR) is 80.1 cm³/mol. The zero-order valence-electron chi connectivity index (χ0n) is 13.4. The molecular formula is C15H32N2O2V. The molecule has 1 amide bonds. The molecule has 2 N–H and O–H groups in total. The van der Waals surface area contributed by atoms with E-state index in [2.05, 4.69) is 10.2 Å². The number of aliphatic hydroxyl groups excluding tert-OH is 1. The molecule has 0 atom stereocenters. The molecule has 1 saturated heterocycles. The Morgan fingerprint density at radius 2 is 1.85 bits per heavy atom. The van der Waals surface area contributed by atoms with E-state index in [-0.39, 0.29) is 24.5 Å².